The Labute approximate surface area is 160 Å². The summed E-state index contributed by atoms with van der Waals surface area (Å²) in [4.78, 5) is 12.3. The minimum absolute atomic E-state index is 0.0338. The molecule has 0 fully saturated rings. The number of benzene rings is 2. The summed E-state index contributed by atoms with van der Waals surface area (Å²) in [7, 11) is 0. The first-order chi connectivity index (χ1) is 13.0. The van der Waals surface area contributed by atoms with Crippen molar-refractivity contribution in [1.29, 1.82) is 0 Å². The second-order valence-electron chi connectivity index (χ2n) is 6.73. The number of phenols is 3. The summed E-state index contributed by atoms with van der Waals surface area (Å²) in [5.41, 5.74) is 0.917. The number of carbonyl (C=O) groups is 1. The molecule has 0 bridgehead atoms. The lowest BCUT2D eigenvalue weighted by atomic mass is 10.0. The van der Waals surface area contributed by atoms with Crippen LogP contribution in [0.3, 0.4) is 0 Å². The zero-order valence-electron chi connectivity index (χ0n) is 15.8. The summed E-state index contributed by atoms with van der Waals surface area (Å²) < 4.78 is 5.45. The minimum atomic E-state index is -0.701. The molecule has 0 unspecified atom stereocenters. The van der Waals surface area contributed by atoms with Crippen molar-refractivity contribution in [1.82, 2.24) is 0 Å². The summed E-state index contributed by atoms with van der Waals surface area (Å²) in [5, 5.41) is 28.5. The Balaban J connectivity index is 1.94. The van der Waals surface area contributed by atoms with Crippen LogP contribution in [0.15, 0.2) is 36.4 Å². The van der Waals surface area contributed by atoms with Gasteiger partial charge in [0.2, 0.25) is 0 Å². The third-order valence-corrected chi connectivity index (χ3v) is 4.53. The highest BCUT2D eigenvalue weighted by molar-refractivity contribution is 5.92. The molecule has 27 heavy (non-hydrogen) atoms. The van der Waals surface area contributed by atoms with E-state index in [1.165, 1.54) is 32.1 Å². The molecule has 2 aromatic carbocycles. The van der Waals surface area contributed by atoms with Gasteiger partial charge in [-0.05, 0) is 36.6 Å². The number of unbranched alkanes of at least 4 members (excludes halogenated alkanes) is 6. The van der Waals surface area contributed by atoms with Crippen molar-refractivity contribution in [3.63, 3.8) is 0 Å². The summed E-state index contributed by atoms with van der Waals surface area (Å²) in [6, 6.07) is 9.50. The Morgan fingerprint density at radius 1 is 0.889 bits per heavy atom. The first kappa shape index (κ1) is 20.6. The van der Waals surface area contributed by atoms with Crippen LogP contribution in [-0.2, 0) is 6.42 Å². The molecule has 0 aromatic heterocycles. The molecule has 0 aliphatic carbocycles. The Bertz CT molecular complexity index is 731. The van der Waals surface area contributed by atoms with Crippen LogP contribution in [0.2, 0.25) is 0 Å². The molecular formula is C22H28O5. The monoisotopic (exact) mass is 372 g/mol. The van der Waals surface area contributed by atoms with Gasteiger partial charge in [0.15, 0.2) is 17.2 Å². The Hall–Kier alpha value is -2.69. The summed E-state index contributed by atoms with van der Waals surface area (Å²) in [6.07, 6.45) is 9.30. The highest BCUT2D eigenvalue weighted by Gasteiger charge is 2.16. The maximum Gasteiger partial charge on any atom is 0.343 e. The first-order valence-corrected chi connectivity index (χ1v) is 9.58. The zero-order chi connectivity index (χ0) is 19.6. The molecular weight excluding hydrogens is 344 g/mol. The standard InChI is InChI=1S/C22H28O5/c1-2-3-4-5-6-7-8-11-16-12-9-10-13-20(16)27-22(26)17-14-18(23)21(25)19(24)15-17/h9-10,12-15,23-25H,2-8,11H2,1H3. The Morgan fingerprint density at radius 3 is 2.15 bits per heavy atom. The van der Waals surface area contributed by atoms with Gasteiger partial charge in [0.25, 0.3) is 0 Å². The Morgan fingerprint density at radius 2 is 1.48 bits per heavy atom. The van der Waals surface area contributed by atoms with Gasteiger partial charge >= 0.3 is 5.97 Å². The SMILES string of the molecule is CCCCCCCCCc1ccccc1OC(=O)c1cc(O)c(O)c(O)c1. The number of rotatable bonds is 10. The third kappa shape index (κ3) is 6.20. The van der Waals surface area contributed by atoms with E-state index < -0.39 is 23.2 Å². The quantitative estimate of drug-likeness (QED) is 0.227. The van der Waals surface area contributed by atoms with Crippen LogP contribution >= 0.6 is 0 Å². The van der Waals surface area contributed by atoms with Crippen LogP contribution in [0.4, 0.5) is 0 Å². The number of ether oxygens (including phenoxy) is 1. The molecule has 5 heteroatoms. The third-order valence-electron chi connectivity index (χ3n) is 4.53. The fourth-order valence-corrected chi connectivity index (χ4v) is 2.96. The summed E-state index contributed by atoms with van der Waals surface area (Å²) in [5.74, 6) is -2.03. The average Bonchev–Trinajstić information content (AvgIpc) is 2.66. The average molecular weight is 372 g/mol. The molecule has 2 aromatic rings. The van der Waals surface area contributed by atoms with E-state index in [0.717, 1.165) is 37.0 Å². The predicted octanol–water partition coefficient (Wildman–Crippen LogP) is 5.32. The second kappa shape index (κ2) is 10.5. The number of hydrogen-bond acceptors (Lipinski definition) is 5. The molecule has 0 saturated heterocycles. The van der Waals surface area contributed by atoms with Crippen LogP contribution in [0.1, 0.15) is 67.8 Å². The summed E-state index contributed by atoms with van der Waals surface area (Å²) in [6.45, 7) is 2.21. The molecule has 0 radical (unpaired) electrons. The lowest BCUT2D eigenvalue weighted by Gasteiger charge is -2.11. The van der Waals surface area contributed by atoms with Crippen molar-refractivity contribution >= 4 is 5.97 Å². The van der Waals surface area contributed by atoms with E-state index in [2.05, 4.69) is 6.92 Å². The van der Waals surface area contributed by atoms with Gasteiger partial charge in [0, 0.05) is 0 Å². The topological polar surface area (TPSA) is 87.0 Å². The zero-order valence-corrected chi connectivity index (χ0v) is 15.8. The Kier molecular flexibility index (Phi) is 7.99. The summed E-state index contributed by atoms with van der Waals surface area (Å²) >= 11 is 0. The number of phenolic OH excluding ortho intramolecular Hbond substituents is 3. The maximum absolute atomic E-state index is 12.3. The normalized spacial score (nSPS) is 10.7. The van der Waals surface area contributed by atoms with Crippen molar-refractivity contribution in [3.8, 4) is 23.0 Å². The van der Waals surface area contributed by atoms with Gasteiger partial charge < -0.3 is 20.1 Å². The lowest BCUT2D eigenvalue weighted by Crippen LogP contribution is -2.10. The molecule has 0 saturated carbocycles. The van der Waals surface area contributed by atoms with Gasteiger partial charge in [-0.25, -0.2) is 4.79 Å². The minimum Gasteiger partial charge on any atom is -0.504 e. The number of carbonyl (C=O) groups excluding carboxylic acids is 1. The van der Waals surface area contributed by atoms with Crippen LogP contribution in [0, 0.1) is 0 Å². The molecule has 2 rings (SSSR count). The molecule has 0 heterocycles. The van der Waals surface area contributed by atoms with Gasteiger partial charge in [0.1, 0.15) is 5.75 Å². The molecule has 0 atom stereocenters. The largest absolute Gasteiger partial charge is 0.504 e. The fourth-order valence-electron chi connectivity index (χ4n) is 2.96. The van der Waals surface area contributed by atoms with Crippen LogP contribution < -0.4 is 4.74 Å². The molecule has 5 nitrogen and oxygen atoms in total. The van der Waals surface area contributed by atoms with Crippen LogP contribution in [0.25, 0.3) is 0 Å². The molecule has 0 spiro atoms. The van der Waals surface area contributed by atoms with Gasteiger partial charge in [-0.3, -0.25) is 0 Å². The highest BCUT2D eigenvalue weighted by atomic mass is 16.5. The predicted molar refractivity (Wildman–Crippen MR) is 105 cm³/mol. The molecule has 146 valence electrons. The second-order valence-corrected chi connectivity index (χ2v) is 6.73. The maximum atomic E-state index is 12.3. The molecule has 0 aliphatic rings. The van der Waals surface area contributed by atoms with E-state index in [0.29, 0.717) is 5.75 Å². The van der Waals surface area contributed by atoms with E-state index in [1.54, 1.807) is 12.1 Å². The number of aromatic hydroxyl groups is 3. The van der Waals surface area contributed by atoms with Crippen molar-refractivity contribution < 1.29 is 24.9 Å². The number of para-hydroxylation sites is 1. The highest BCUT2D eigenvalue weighted by Crippen LogP contribution is 2.35. The molecule has 0 amide bonds. The smallest absolute Gasteiger partial charge is 0.343 e. The van der Waals surface area contributed by atoms with Gasteiger partial charge in [0.05, 0.1) is 5.56 Å². The van der Waals surface area contributed by atoms with Gasteiger partial charge in [-0.2, -0.15) is 0 Å². The van der Waals surface area contributed by atoms with E-state index in [4.69, 9.17) is 4.74 Å². The fraction of sp³-hybridized carbons (Fsp3) is 0.409. The molecule has 0 aliphatic heterocycles. The number of hydrogen-bond donors (Lipinski definition) is 3. The van der Waals surface area contributed by atoms with E-state index in [-0.39, 0.29) is 5.56 Å². The van der Waals surface area contributed by atoms with Gasteiger partial charge in [-0.1, -0.05) is 63.6 Å². The van der Waals surface area contributed by atoms with Crippen molar-refractivity contribution in [3.05, 3.63) is 47.5 Å². The van der Waals surface area contributed by atoms with Crippen molar-refractivity contribution in [2.75, 3.05) is 0 Å². The van der Waals surface area contributed by atoms with Crippen LogP contribution in [0.5, 0.6) is 23.0 Å². The van der Waals surface area contributed by atoms with E-state index in [1.807, 2.05) is 12.1 Å². The van der Waals surface area contributed by atoms with E-state index in [9.17, 15) is 20.1 Å². The van der Waals surface area contributed by atoms with Crippen LogP contribution in [-0.4, -0.2) is 21.3 Å². The van der Waals surface area contributed by atoms with E-state index >= 15 is 0 Å². The van der Waals surface area contributed by atoms with Crippen molar-refractivity contribution in [2.45, 2.75) is 58.3 Å². The lowest BCUT2D eigenvalue weighted by molar-refractivity contribution is 0.0732. The van der Waals surface area contributed by atoms with Crippen molar-refractivity contribution in [2.24, 2.45) is 0 Å². The number of aryl methyl sites for hydroxylation is 1. The first-order valence-electron chi connectivity index (χ1n) is 9.58. The number of esters is 1. The van der Waals surface area contributed by atoms with Gasteiger partial charge in [-0.15, -0.1) is 0 Å². The molecule has 3 N–H and O–H groups in total.